The molecule has 0 aromatic heterocycles. The summed E-state index contributed by atoms with van der Waals surface area (Å²) in [7, 11) is 0. The van der Waals surface area contributed by atoms with Gasteiger partial charge in [0.05, 0.1) is 0 Å². The van der Waals surface area contributed by atoms with E-state index in [2.05, 4.69) is 0 Å². The summed E-state index contributed by atoms with van der Waals surface area (Å²) in [4.78, 5) is 9.67. The SMILES string of the molecule is CC(C=N)CC=O. The molecule has 7 heavy (non-hydrogen) atoms. The summed E-state index contributed by atoms with van der Waals surface area (Å²) in [5.74, 6) is 0.123. The van der Waals surface area contributed by atoms with Gasteiger partial charge < -0.3 is 10.2 Å². The molecule has 0 bridgehead atoms. The van der Waals surface area contributed by atoms with E-state index in [1.54, 1.807) is 0 Å². The fourth-order valence-electron chi connectivity index (χ4n) is 0.220. The number of carbonyl (C=O) groups excluding carboxylic acids is 1. The van der Waals surface area contributed by atoms with E-state index in [0.717, 1.165) is 6.29 Å². The summed E-state index contributed by atoms with van der Waals surface area (Å²) >= 11 is 0. The Kier molecular flexibility index (Phi) is 3.19. The zero-order valence-electron chi connectivity index (χ0n) is 4.35. The smallest absolute Gasteiger partial charge is 0.120 e. The molecule has 0 spiro atoms. The van der Waals surface area contributed by atoms with Gasteiger partial charge in [-0.15, -0.1) is 0 Å². The minimum Gasteiger partial charge on any atom is -0.313 e. The normalized spacial score (nSPS) is 12.7. The highest BCUT2D eigenvalue weighted by Gasteiger charge is 1.91. The molecule has 1 unspecified atom stereocenters. The number of carbonyl (C=O) groups is 1. The summed E-state index contributed by atoms with van der Waals surface area (Å²) in [6.45, 7) is 1.83. The van der Waals surface area contributed by atoms with E-state index in [0.29, 0.717) is 6.42 Å². The Hall–Kier alpha value is -0.660. The Balaban J connectivity index is 3.15. The Morgan fingerprint density at radius 1 is 1.86 bits per heavy atom. The number of hydrogen-bond donors (Lipinski definition) is 1. The van der Waals surface area contributed by atoms with Gasteiger partial charge in [0, 0.05) is 6.42 Å². The van der Waals surface area contributed by atoms with Crippen LogP contribution in [0, 0.1) is 11.3 Å². The van der Waals surface area contributed by atoms with Crippen LogP contribution in [0.1, 0.15) is 13.3 Å². The molecule has 0 amide bonds. The lowest BCUT2D eigenvalue weighted by atomic mass is 10.1. The molecule has 0 saturated carbocycles. The predicted molar refractivity (Wildman–Crippen MR) is 28.6 cm³/mol. The van der Waals surface area contributed by atoms with E-state index < -0.39 is 0 Å². The fourth-order valence-corrected chi connectivity index (χ4v) is 0.220. The van der Waals surface area contributed by atoms with Gasteiger partial charge in [0.25, 0.3) is 0 Å². The van der Waals surface area contributed by atoms with Crippen LogP contribution in [0.4, 0.5) is 0 Å². The summed E-state index contributed by atoms with van der Waals surface area (Å²) in [5.41, 5.74) is 0. The standard InChI is InChI=1S/C5H9NO/c1-5(4-6)2-3-7/h3-6H,2H2,1H3. The lowest BCUT2D eigenvalue weighted by molar-refractivity contribution is -0.108. The molecule has 2 heteroatoms. The minimum absolute atomic E-state index is 0.123. The van der Waals surface area contributed by atoms with Crippen molar-refractivity contribution in [2.75, 3.05) is 0 Å². The van der Waals surface area contributed by atoms with Crippen molar-refractivity contribution in [3.05, 3.63) is 0 Å². The quantitative estimate of drug-likeness (QED) is 0.413. The average molecular weight is 99.1 g/mol. The van der Waals surface area contributed by atoms with Crippen LogP contribution in [-0.2, 0) is 4.79 Å². The highest BCUT2D eigenvalue weighted by Crippen LogP contribution is 1.90. The van der Waals surface area contributed by atoms with Crippen LogP contribution in [0.5, 0.6) is 0 Å². The lowest BCUT2D eigenvalue weighted by Crippen LogP contribution is -1.93. The van der Waals surface area contributed by atoms with Gasteiger partial charge in [-0.3, -0.25) is 0 Å². The Labute approximate surface area is 43.0 Å². The van der Waals surface area contributed by atoms with Gasteiger partial charge in [-0.05, 0) is 12.1 Å². The molecule has 0 saturated heterocycles. The van der Waals surface area contributed by atoms with Crippen molar-refractivity contribution < 1.29 is 4.79 Å². The zero-order chi connectivity index (χ0) is 5.70. The maximum absolute atomic E-state index is 9.67. The van der Waals surface area contributed by atoms with E-state index in [-0.39, 0.29) is 5.92 Å². The van der Waals surface area contributed by atoms with Gasteiger partial charge in [-0.25, -0.2) is 0 Å². The van der Waals surface area contributed by atoms with E-state index in [9.17, 15) is 4.79 Å². The highest BCUT2D eigenvalue weighted by atomic mass is 16.1. The number of aldehydes is 1. The zero-order valence-corrected chi connectivity index (χ0v) is 4.35. The molecule has 0 rings (SSSR count). The molecule has 1 N–H and O–H groups in total. The van der Waals surface area contributed by atoms with Gasteiger partial charge >= 0.3 is 0 Å². The van der Waals surface area contributed by atoms with Crippen molar-refractivity contribution in [3.8, 4) is 0 Å². The van der Waals surface area contributed by atoms with Gasteiger partial charge in [0.1, 0.15) is 6.29 Å². The first-order valence-corrected chi connectivity index (χ1v) is 2.25. The van der Waals surface area contributed by atoms with Crippen molar-refractivity contribution in [2.24, 2.45) is 5.92 Å². The molecule has 0 aliphatic heterocycles. The minimum atomic E-state index is 0.123. The van der Waals surface area contributed by atoms with Crippen LogP contribution in [0.15, 0.2) is 0 Å². The Morgan fingerprint density at radius 2 is 2.43 bits per heavy atom. The van der Waals surface area contributed by atoms with Crippen LogP contribution in [0.3, 0.4) is 0 Å². The van der Waals surface area contributed by atoms with Gasteiger partial charge in [0.2, 0.25) is 0 Å². The van der Waals surface area contributed by atoms with E-state index in [1.807, 2.05) is 6.92 Å². The van der Waals surface area contributed by atoms with Crippen molar-refractivity contribution >= 4 is 12.5 Å². The largest absolute Gasteiger partial charge is 0.313 e. The van der Waals surface area contributed by atoms with Crippen LogP contribution < -0.4 is 0 Å². The number of hydrogen-bond acceptors (Lipinski definition) is 2. The third kappa shape index (κ3) is 3.16. The summed E-state index contributed by atoms with van der Waals surface area (Å²) in [5, 5.41) is 6.63. The summed E-state index contributed by atoms with van der Waals surface area (Å²) in [6.07, 6.45) is 2.58. The van der Waals surface area contributed by atoms with Crippen molar-refractivity contribution in [3.63, 3.8) is 0 Å². The maximum Gasteiger partial charge on any atom is 0.120 e. The molecule has 0 fully saturated rings. The highest BCUT2D eigenvalue weighted by molar-refractivity contribution is 5.63. The molecule has 0 aliphatic rings. The topological polar surface area (TPSA) is 40.9 Å². The molecule has 0 heterocycles. The Bertz CT molecular complexity index is 70.5. The molecule has 1 atom stereocenters. The summed E-state index contributed by atoms with van der Waals surface area (Å²) < 4.78 is 0. The molecular formula is C5H9NO. The van der Waals surface area contributed by atoms with Crippen LogP contribution >= 0.6 is 0 Å². The molecule has 40 valence electrons. The molecule has 0 radical (unpaired) electrons. The van der Waals surface area contributed by atoms with Crippen molar-refractivity contribution in [2.45, 2.75) is 13.3 Å². The molecule has 2 nitrogen and oxygen atoms in total. The van der Waals surface area contributed by atoms with E-state index in [1.165, 1.54) is 6.21 Å². The molecule has 0 aliphatic carbocycles. The monoisotopic (exact) mass is 99.1 g/mol. The first-order chi connectivity index (χ1) is 3.31. The Morgan fingerprint density at radius 3 is 2.57 bits per heavy atom. The van der Waals surface area contributed by atoms with Crippen molar-refractivity contribution in [1.82, 2.24) is 0 Å². The van der Waals surface area contributed by atoms with Gasteiger partial charge in [0.15, 0.2) is 0 Å². The second-order valence-corrected chi connectivity index (χ2v) is 1.55. The number of rotatable bonds is 3. The maximum atomic E-state index is 9.67. The molecular weight excluding hydrogens is 90.1 g/mol. The van der Waals surface area contributed by atoms with Crippen LogP contribution in [0.2, 0.25) is 0 Å². The van der Waals surface area contributed by atoms with Crippen LogP contribution in [0.25, 0.3) is 0 Å². The third-order valence-electron chi connectivity index (χ3n) is 0.753. The third-order valence-corrected chi connectivity index (χ3v) is 0.753. The number of nitrogens with one attached hydrogen (secondary N) is 1. The van der Waals surface area contributed by atoms with E-state index in [4.69, 9.17) is 5.41 Å². The van der Waals surface area contributed by atoms with Gasteiger partial charge in [-0.1, -0.05) is 6.92 Å². The first kappa shape index (κ1) is 6.34. The molecule has 0 aromatic rings. The second kappa shape index (κ2) is 3.53. The first-order valence-electron chi connectivity index (χ1n) is 2.25. The summed E-state index contributed by atoms with van der Waals surface area (Å²) in [6, 6.07) is 0. The van der Waals surface area contributed by atoms with E-state index >= 15 is 0 Å². The van der Waals surface area contributed by atoms with Crippen molar-refractivity contribution in [1.29, 1.82) is 5.41 Å². The van der Waals surface area contributed by atoms with Crippen LogP contribution in [-0.4, -0.2) is 12.5 Å². The van der Waals surface area contributed by atoms with Gasteiger partial charge in [-0.2, -0.15) is 0 Å². The average Bonchev–Trinajstić information content (AvgIpc) is 1.68. The predicted octanol–water partition coefficient (Wildman–Crippen LogP) is 0.861. The fraction of sp³-hybridized carbons (Fsp3) is 0.600. The lowest BCUT2D eigenvalue weighted by Gasteiger charge is -1.91. The molecule has 0 aromatic carbocycles. The second-order valence-electron chi connectivity index (χ2n) is 1.55.